The summed E-state index contributed by atoms with van der Waals surface area (Å²) in [7, 11) is 0. The first-order chi connectivity index (χ1) is 23.5. The summed E-state index contributed by atoms with van der Waals surface area (Å²) in [5, 5.41) is 10.2. The molecule has 0 radical (unpaired) electrons. The number of benzene rings is 3. The van der Waals surface area contributed by atoms with Crippen LogP contribution in [0.3, 0.4) is 0 Å². The average Bonchev–Trinajstić information content (AvgIpc) is 3.78. The lowest BCUT2D eigenvalue weighted by Crippen LogP contribution is -2.55. The van der Waals surface area contributed by atoms with E-state index in [2.05, 4.69) is 27.3 Å². The van der Waals surface area contributed by atoms with Gasteiger partial charge in [-0.25, -0.2) is 9.67 Å². The van der Waals surface area contributed by atoms with Gasteiger partial charge in [0, 0.05) is 48.1 Å². The third-order valence-electron chi connectivity index (χ3n) is 8.30. The lowest BCUT2D eigenvalue weighted by atomic mass is 9.81. The van der Waals surface area contributed by atoms with Crippen LogP contribution in [0.2, 0.25) is 0 Å². The number of fused-ring (bicyclic) bond motifs is 1. The summed E-state index contributed by atoms with van der Waals surface area (Å²) in [6.45, 7) is 6.32. The molecule has 0 bridgehead atoms. The van der Waals surface area contributed by atoms with Gasteiger partial charge >= 0.3 is 6.18 Å². The molecule has 49 heavy (non-hydrogen) atoms. The Labute approximate surface area is 279 Å². The van der Waals surface area contributed by atoms with Crippen LogP contribution in [0.5, 0.6) is 0 Å². The van der Waals surface area contributed by atoms with Crippen molar-refractivity contribution in [3.63, 3.8) is 0 Å². The Morgan fingerprint density at radius 2 is 1.78 bits per heavy atom. The molecule has 0 saturated carbocycles. The average molecular weight is 668 g/mol. The molecule has 1 aliphatic heterocycles. The molecule has 2 aromatic heterocycles. The van der Waals surface area contributed by atoms with E-state index in [0.29, 0.717) is 33.8 Å². The fourth-order valence-corrected chi connectivity index (χ4v) is 5.96. The van der Waals surface area contributed by atoms with Crippen LogP contribution in [-0.2, 0) is 28.9 Å². The number of halogens is 3. The number of rotatable bonds is 10. The Balaban J connectivity index is 1.36. The van der Waals surface area contributed by atoms with Crippen molar-refractivity contribution >= 4 is 23.5 Å². The summed E-state index contributed by atoms with van der Waals surface area (Å²) in [4.78, 5) is 46.1. The van der Waals surface area contributed by atoms with E-state index in [1.165, 1.54) is 11.0 Å². The molecule has 3 amide bonds. The largest absolute Gasteiger partial charge is 0.416 e. The maximum Gasteiger partial charge on any atom is 0.416 e. The first-order valence-corrected chi connectivity index (χ1v) is 15.5. The fourth-order valence-electron chi connectivity index (χ4n) is 5.96. The van der Waals surface area contributed by atoms with Crippen molar-refractivity contribution in [1.82, 2.24) is 30.0 Å². The zero-order chi connectivity index (χ0) is 34.7. The van der Waals surface area contributed by atoms with Crippen molar-refractivity contribution in [1.29, 1.82) is 0 Å². The second-order valence-corrected chi connectivity index (χ2v) is 11.5. The van der Waals surface area contributed by atoms with Gasteiger partial charge < -0.3 is 15.2 Å². The highest BCUT2D eigenvalue weighted by atomic mass is 19.4. The minimum Gasteiger partial charge on any atom is -0.348 e. The van der Waals surface area contributed by atoms with Crippen LogP contribution in [0.15, 0.2) is 116 Å². The van der Waals surface area contributed by atoms with E-state index in [-0.39, 0.29) is 31.1 Å². The summed E-state index contributed by atoms with van der Waals surface area (Å²) in [6, 6.07) is 19.4. The van der Waals surface area contributed by atoms with E-state index in [0.717, 1.165) is 18.2 Å². The van der Waals surface area contributed by atoms with Gasteiger partial charge in [-0.1, -0.05) is 55.1 Å². The minimum absolute atomic E-state index is 0.148. The fraction of sp³-hybridized carbons (Fsp3) is 0.194. The van der Waals surface area contributed by atoms with Gasteiger partial charge in [-0.05, 0) is 48.4 Å². The minimum atomic E-state index is -4.65. The van der Waals surface area contributed by atoms with E-state index >= 15 is 0 Å². The van der Waals surface area contributed by atoms with E-state index in [1.807, 2.05) is 42.5 Å². The highest BCUT2D eigenvalue weighted by Gasteiger charge is 2.44. The number of aromatic nitrogens is 4. The molecule has 0 aliphatic carbocycles. The van der Waals surface area contributed by atoms with E-state index in [1.54, 1.807) is 53.2 Å². The highest BCUT2D eigenvalue weighted by Crippen LogP contribution is 2.41. The van der Waals surface area contributed by atoms with E-state index in [9.17, 15) is 27.6 Å². The molecule has 5 aromatic rings. The number of alkyl halides is 3. The van der Waals surface area contributed by atoms with Gasteiger partial charge in [-0.15, -0.1) is 0 Å². The summed E-state index contributed by atoms with van der Waals surface area (Å²) >= 11 is 0. The van der Waals surface area contributed by atoms with Crippen molar-refractivity contribution in [3.8, 4) is 5.69 Å². The Hall–Kier alpha value is -5.98. The molecule has 0 fully saturated rings. The SMILES string of the molecule is C=C(Cn1ccnc1)C(=O)NCc1cccc([C@@H]2c3cnn(-c4ccccc4)c3N(CC)C(=O)[C@H]2NC(=O)c2cccc(C(F)(F)F)c2)c1. The molecule has 0 spiro atoms. The molecule has 3 heterocycles. The monoisotopic (exact) mass is 667 g/mol. The van der Waals surface area contributed by atoms with Gasteiger partial charge in [0.25, 0.3) is 11.8 Å². The topological polar surface area (TPSA) is 114 Å². The highest BCUT2D eigenvalue weighted by molar-refractivity contribution is 6.05. The maximum atomic E-state index is 14.3. The molecule has 250 valence electrons. The van der Waals surface area contributed by atoms with Crippen molar-refractivity contribution < 1.29 is 27.6 Å². The van der Waals surface area contributed by atoms with Crippen molar-refractivity contribution in [3.05, 3.63) is 144 Å². The Morgan fingerprint density at radius 1 is 1.00 bits per heavy atom. The molecule has 0 unspecified atom stereocenters. The predicted octanol–water partition coefficient (Wildman–Crippen LogP) is 5.26. The first kappa shape index (κ1) is 32.9. The van der Waals surface area contributed by atoms with Crippen LogP contribution in [0, 0.1) is 0 Å². The number of carbonyl (C=O) groups excluding carboxylic acids is 3. The number of nitrogens with one attached hydrogen (secondary N) is 2. The smallest absolute Gasteiger partial charge is 0.348 e. The normalized spacial score (nSPS) is 15.8. The molecule has 0 saturated heterocycles. The molecular weight excluding hydrogens is 635 g/mol. The van der Waals surface area contributed by atoms with Crippen LogP contribution in [0.1, 0.15) is 45.5 Å². The number of amides is 3. The number of para-hydroxylation sites is 1. The van der Waals surface area contributed by atoms with Gasteiger partial charge in [0.2, 0.25) is 5.91 Å². The molecule has 2 N–H and O–H groups in total. The molecule has 6 rings (SSSR count). The Kier molecular flexibility index (Phi) is 9.16. The van der Waals surface area contributed by atoms with Crippen LogP contribution in [-0.4, -0.2) is 49.6 Å². The predicted molar refractivity (Wildman–Crippen MR) is 176 cm³/mol. The number of nitrogens with zero attached hydrogens (tertiary/aromatic N) is 5. The van der Waals surface area contributed by atoms with Crippen molar-refractivity contribution in [2.75, 3.05) is 11.4 Å². The van der Waals surface area contributed by atoms with Crippen molar-refractivity contribution in [2.45, 2.75) is 38.1 Å². The third kappa shape index (κ3) is 6.86. The van der Waals surface area contributed by atoms with Gasteiger partial charge in [-0.2, -0.15) is 18.3 Å². The number of carbonyl (C=O) groups is 3. The van der Waals surface area contributed by atoms with Crippen LogP contribution < -0.4 is 15.5 Å². The Morgan fingerprint density at radius 3 is 2.49 bits per heavy atom. The number of likely N-dealkylation sites (N-methyl/N-ethyl adjacent to an activating group) is 1. The second-order valence-electron chi connectivity index (χ2n) is 11.5. The number of anilines is 1. The standard InChI is InChI=1S/C36H32F3N7O3/c1-3-45-34-29(20-42-46(34)28-13-5-4-6-14-28)30(31(35(45)49)43-33(48)26-11-8-12-27(18-26)36(37,38)39)25-10-7-9-24(17-25)19-41-32(47)23(2)21-44-16-15-40-22-44/h4-18,20,22,30-31H,2-3,19,21H2,1H3,(H,41,47)(H,43,48)/t30-,31+/m1/s1. The quantitative estimate of drug-likeness (QED) is 0.198. The van der Waals surface area contributed by atoms with Gasteiger partial charge in [0.1, 0.15) is 11.9 Å². The second kappa shape index (κ2) is 13.6. The summed E-state index contributed by atoms with van der Waals surface area (Å²) in [6.07, 6.45) is 1.91. The third-order valence-corrected chi connectivity index (χ3v) is 8.30. The lowest BCUT2D eigenvalue weighted by molar-refractivity contribution is -0.137. The van der Waals surface area contributed by atoms with Gasteiger partial charge in [0.15, 0.2) is 0 Å². The van der Waals surface area contributed by atoms with Crippen LogP contribution in [0.25, 0.3) is 5.69 Å². The lowest BCUT2D eigenvalue weighted by Gasteiger charge is -2.38. The van der Waals surface area contributed by atoms with Crippen LogP contribution in [0.4, 0.5) is 19.0 Å². The first-order valence-electron chi connectivity index (χ1n) is 15.5. The number of imidazole rings is 1. The molecule has 13 heteroatoms. The number of hydrogen-bond donors (Lipinski definition) is 2. The van der Waals surface area contributed by atoms with E-state index in [4.69, 9.17) is 0 Å². The summed E-state index contributed by atoms with van der Waals surface area (Å²) in [5.74, 6) is -1.88. The van der Waals surface area contributed by atoms with Crippen LogP contribution >= 0.6 is 0 Å². The van der Waals surface area contributed by atoms with Gasteiger partial charge in [-0.3, -0.25) is 19.3 Å². The molecule has 2 atom stereocenters. The zero-order valence-corrected chi connectivity index (χ0v) is 26.4. The van der Waals surface area contributed by atoms with Crippen molar-refractivity contribution in [2.24, 2.45) is 0 Å². The molecule has 10 nitrogen and oxygen atoms in total. The van der Waals surface area contributed by atoms with Gasteiger partial charge in [0.05, 0.1) is 30.3 Å². The van der Waals surface area contributed by atoms with E-state index < -0.39 is 35.5 Å². The molecule has 1 aliphatic rings. The number of hydrogen-bond acceptors (Lipinski definition) is 5. The molecule has 3 aromatic carbocycles. The molecular formula is C36H32F3N7O3. The summed E-state index contributed by atoms with van der Waals surface area (Å²) < 4.78 is 43.8. The Bertz CT molecular complexity index is 2010. The summed E-state index contributed by atoms with van der Waals surface area (Å²) in [5.41, 5.74) is 1.82. The maximum absolute atomic E-state index is 14.3. The zero-order valence-electron chi connectivity index (χ0n) is 26.4.